The fraction of sp³-hybridized carbons (Fsp3) is 0.353. The quantitative estimate of drug-likeness (QED) is 0.582. The molecule has 1 fully saturated rings. The van der Waals surface area contributed by atoms with Gasteiger partial charge >= 0.3 is 5.97 Å². The number of amides is 2. The molecule has 0 aromatic heterocycles. The first-order chi connectivity index (χ1) is 11.5. The fourth-order valence-corrected chi connectivity index (χ4v) is 3.19. The molecule has 7 heteroatoms. The van der Waals surface area contributed by atoms with E-state index in [0.717, 1.165) is 41.0 Å². The summed E-state index contributed by atoms with van der Waals surface area (Å²) >= 11 is 0.829. The Morgan fingerprint density at radius 1 is 1.21 bits per heavy atom. The van der Waals surface area contributed by atoms with Crippen molar-refractivity contribution in [3.63, 3.8) is 0 Å². The third-order valence-electron chi connectivity index (χ3n) is 3.71. The van der Waals surface area contributed by atoms with Crippen LogP contribution in [0.4, 0.5) is 10.5 Å². The van der Waals surface area contributed by atoms with Crippen LogP contribution in [0.25, 0.3) is 6.08 Å². The molecule has 0 atom stereocenters. The molecule has 1 saturated heterocycles. The zero-order valence-corrected chi connectivity index (χ0v) is 14.8. The van der Waals surface area contributed by atoms with E-state index in [4.69, 9.17) is 0 Å². The fourth-order valence-electron chi connectivity index (χ4n) is 2.35. The van der Waals surface area contributed by atoms with Crippen molar-refractivity contribution in [2.45, 2.75) is 13.8 Å². The number of carbonyl (C=O) groups is 3. The van der Waals surface area contributed by atoms with Gasteiger partial charge in [0.1, 0.15) is 6.54 Å². The van der Waals surface area contributed by atoms with Crippen molar-refractivity contribution in [1.82, 2.24) is 4.90 Å². The van der Waals surface area contributed by atoms with Crippen molar-refractivity contribution in [3.05, 3.63) is 34.7 Å². The Morgan fingerprint density at radius 2 is 1.83 bits per heavy atom. The highest BCUT2D eigenvalue weighted by Crippen LogP contribution is 2.32. The predicted molar refractivity (Wildman–Crippen MR) is 94.7 cm³/mol. The van der Waals surface area contributed by atoms with E-state index in [1.54, 1.807) is 6.08 Å². The van der Waals surface area contributed by atoms with Crippen LogP contribution in [0.1, 0.15) is 19.4 Å². The second kappa shape index (κ2) is 8.01. The normalized spacial score (nSPS) is 16.0. The summed E-state index contributed by atoms with van der Waals surface area (Å²) in [5.41, 5.74) is 1.94. The maximum Gasteiger partial charge on any atom is 0.325 e. The van der Waals surface area contributed by atoms with Gasteiger partial charge in [-0.1, -0.05) is 12.1 Å². The topological polar surface area (TPSA) is 66.9 Å². The van der Waals surface area contributed by atoms with Crippen LogP contribution >= 0.6 is 11.8 Å². The molecule has 2 rings (SSSR count). The van der Waals surface area contributed by atoms with Crippen LogP contribution in [0.2, 0.25) is 0 Å². The number of nitrogens with zero attached hydrogens (tertiary/aromatic N) is 2. The molecule has 128 valence electrons. The number of carbonyl (C=O) groups excluding carboxylic acids is 3. The van der Waals surface area contributed by atoms with E-state index in [9.17, 15) is 14.4 Å². The van der Waals surface area contributed by atoms with Gasteiger partial charge in [0.2, 0.25) is 0 Å². The Labute approximate surface area is 145 Å². The highest BCUT2D eigenvalue weighted by atomic mass is 32.2. The third-order valence-corrected chi connectivity index (χ3v) is 4.62. The van der Waals surface area contributed by atoms with Gasteiger partial charge in [0.25, 0.3) is 11.1 Å². The van der Waals surface area contributed by atoms with Crippen molar-refractivity contribution in [3.8, 4) is 0 Å². The van der Waals surface area contributed by atoms with E-state index in [-0.39, 0.29) is 6.54 Å². The minimum Gasteiger partial charge on any atom is -0.468 e. The molecule has 0 bridgehead atoms. The van der Waals surface area contributed by atoms with E-state index in [2.05, 4.69) is 23.5 Å². The van der Waals surface area contributed by atoms with Crippen molar-refractivity contribution in [2.24, 2.45) is 0 Å². The molecule has 0 unspecified atom stereocenters. The number of thioether (sulfide) groups is 1. The Hall–Kier alpha value is -2.28. The molecular weight excluding hydrogens is 328 g/mol. The van der Waals surface area contributed by atoms with Crippen molar-refractivity contribution >= 4 is 40.6 Å². The van der Waals surface area contributed by atoms with Crippen LogP contribution in [-0.4, -0.2) is 48.8 Å². The Kier molecular flexibility index (Phi) is 6.03. The largest absolute Gasteiger partial charge is 0.468 e. The highest BCUT2D eigenvalue weighted by molar-refractivity contribution is 8.18. The predicted octanol–water partition coefficient (Wildman–Crippen LogP) is 2.74. The van der Waals surface area contributed by atoms with Gasteiger partial charge < -0.3 is 9.64 Å². The summed E-state index contributed by atoms with van der Waals surface area (Å²) in [5.74, 6) is -1.09. The molecule has 1 aromatic rings. The first-order valence-electron chi connectivity index (χ1n) is 7.67. The molecule has 6 nitrogen and oxygen atoms in total. The van der Waals surface area contributed by atoms with E-state index in [1.807, 2.05) is 24.3 Å². The molecule has 2 amide bonds. The number of methoxy groups -OCH3 is 1. The third kappa shape index (κ3) is 3.97. The van der Waals surface area contributed by atoms with Crippen LogP contribution < -0.4 is 4.90 Å². The zero-order valence-electron chi connectivity index (χ0n) is 13.9. The Balaban J connectivity index is 2.15. The molecule has 1 aliphatic rings. The summed E-state index contributed by atoms with van der Waals surface area (Å²) in [5, 5.41) is -0.462. The maximum absolute atomic E-state index is 12.2. The van der Waals surface area contributed by atoms with Crippen molar-refractivity contribution < 1.29 is 19.1 Å². The Morgan fingerprint density at radius 3 is 2.38 bits per heavy atom. The van der Waals surface area contributed by atoms with E-state index >= 15 is 0 Å². The lowest BCUT2D eigenvalue weighted by atomic mass is 10.1. The number of benzene rings is 1. The van der Waals surface area contributed by atoms with Crippen LogP contribution in [0.3, 0.4) is 0 Å². The molecule has 0 radical (unpaired) electrons. The molecule has 24 heavy (non-hydrogen) atoms. The molecular formula is C17H20N2O4S. The molecule has 1 aliphatic heterocycles. The molecule has 0 saturated carbocycles. The van der Waals surface area contributed by atoms with E-state index in [0.29, 0.717) is 4.91 Å². The number of rotatable bonds is 6. The van der Waals surface area contributed by atoms with E-state index < -0.39 is 17.1 Å². The lowest BCUT2D eigenvalue weighted by Crippen LogP contribution is -2.34. The smallest absolute Gasteiger partial charge is 0.325 e. The molecule has 0 spiro atoms. The average Bonchev–Trinajstić information content (AvgIpc) is 2.84. The van der Waals surface area contributed by atoms with Gasteiger partial charge in [-0.2, -0.15) is 0 Å². The minimum atomic E-state index is -0.623. The standard InChI is InChI=1S/C17H20N2O4S/c1-4-18(5-2)13-8-6-12(7-9-13)10-14-16(21)19(17(22)24-14)11-15(20)23-3/h6-10H,4-5,11H2,1-3H3. The molecule has 0 N–H and O–H groups in total. The van der Waals surface area contributed by atoms with Gasteiger partial charge in [0.15, 0.2) is 0 Å². The number of anilines is 1. The van der Waals surface area contributed by atoms with Gasteiger partial charge in [-0.3, -0.25) is 19.3 Å². The van der Waals surface area contributed by atoms with Crippen LogP contribution in [0, 0.1) is 0 Å². The number of ether oxygens (including phenoxy) is 1. The number of hydrogen-bond acceptors (Lipinski definition) is 6. The number of imide groups is 1. The maximum atomic E-state index is 12.2. The summed E-state index contributed by atoms with van der Waals surface area (Å²) in [6, 6.07) is 7.78. The summed E-state index contributed by atoms with van der Waals surface area (Å²) < 4.78 is 4.50. The van der Waals surface area contributed by atoms with Crippen LogP contribution in [0.5, 0.6) is 0 Å². The van der Waals surface area contributed by atoms with Crippen LogP contribution in [0.15, 0.2) is 29.2 Å². The van der Waals surface area contributed by atoms with Gasteiger partial charge in [0.05, 0.1) is 12.0 Å². The second-order valence-corrected chi connectivity index (χ2v) is 6.10. The SMILES string of the molecule is CCN(CC)c1ccc(C=C2SC(=O)N(CC(=O)OC)C2=O)cc1. The summed E-state index contributed by atoms with van der Waals surface area (Å²) in [7, 11) is 1.22. The zero-order chi connectivity index (χ0) is 17.7. The minimum absolute atomic E-state index is 0.305. The van der Waals surface area contributed by atoms with Crippen molar-refractivity contribution in [1.29, 1.82) is 0 Å². The number of esters is 1. The summed E-state index contributed by atoms with van der Waals surface area (Å²) in [4.78, 5) is 38.8. The number of hydrogen-bond donors (Lipinski definition) is 0. The molecule has 1 aromatic carbocycles. The van der Waals surface area contributed by atoms with E-state index in [1.165, 1.54) is 7.11 Å². The van der Waals surface area contributed by atoms with Crippen molar-refractivity contribution in [2.75, 3.05) is 31.6 Å². The lowest BCUT2D eigenvalue weighted by molar-refractivity contribution is -0.143. The monoisotopic (exact) mass is 348 g/mol. The second-order valence-electron chi connectivity index (χ2n) is 5.11. The first-order valence-corrected chi connectivity index (χ1v) is 8.49. The first kappa shape index (κ1) is 18.1. The van der Waals surface area contributed by atoms with Gasteiger partial charge in [-0.05, 0) is 49.4 Å². The average molecular weight is 348 g/mol. The van der Waals surface area contributed by atoms with Crippen LogP contribution in [-0.2, 0) is 14.3 Å². The van der Waals surface area contributed by atoms with Gasteiger partial charge in [0, 0.05) is 18.8 Å². The summed E-state index contributed by atoms with van der Waals surface area (Å²) in [6.07, 6.45) is 1.66. The van der Waals surface area contributed by atoms with Gasteiger partial charge in [-0.25, -0.2) is 0 Å². The van der Waals surface area contributed by atoms with Gasteiger partial charge in [-0.15, -0.1) is 0 Å². The Bertz CT molecular complexity index is 666. The highest BCUT2D eigenvalue weighted by Gasteiger charge is 2.36. The molecule has 1 heterocycles. The molecule has 0 aliphatic carbocycles. The summed E-state index contributed by atoms with van der Waals surface area (Å²) in [6.45, 7) is 5.66. The lowest BCUT2D eigenvalue weighted by Gasteiger charge is -2.20.